The van der Waals surface area contributed by atoms with Gasteiger partial charge in [-0.1, -0.05) is 160 Å². The van der Waals surface area contributed by atoms with E-state index in [1.54, 1.807) is 0 Å². The van der Waals surface area contributed by atoms with Gasteiger partial charge in [-0.2, -0.15) is 0 Å². The maximum Gasteiger partial charge on any atom is 0.192 e. The van der Waals surface area contributed by atoms with Gasteiger partial charge in [0.05, 0.1) is 18.1 Å². The third-order valence-electron chi connectivity index (χ3n) is 10.0. The molecule has 1 heterocycles. The number of hydrogen-bond acceptors (Lipinski definition) is 3. The van der Waals surface area contributed by atoms with Crippen LogP contribution in [0.3, 0.4) is 0 Å². The summed E-state index contributed by atoms with van der Waals surface area (Å²) in [6.45, 7) is 13.4. The molecule has 0 amide bonds. The maximum absolute atomic E-state index is 11.9. The molecule has 0 aliphatic heterocycles. The molecule has 244 valence electrons. The molecular weight excluding hydrogens is 605 g/mol. The summed E-state index contributed by atoms with van der Waals surface area (Å²) in [5.74, 6) is 0. The summed E-state index contributed by atoms with van der Waals surface area (Å²) in [6, 6.07) is 48.0. The fourth-order valence-electron chi connectivity index (χ4n) is 6.45. The second-order valence-electron chi connectivity index (χ2n) is 14.2. The van der Waals surface area contributed by atoms with E-state index in [1.165, 1.54) is 0 Å². The fourth-order valence-corrected chi connectivity index (χ4v) is 7.82. The predicted octanol–water partition coefficient (Wildman–Crippen LogP) is 10.6. The van der Waals surface area contributed by atoms with Crippen molar-refractivity contribution in [2.24, 2.45) is 0 Å². The van der Waals surface area contributed by atoms with E-state index in [4.69, 9.17) is 9.41 Å². The van der Waals surface area contributed by atoms with Crippen LogP contribution in [0.2, 0.25) is 18.1 Å². The molecule has 5 heteroatoms. The fraction of sp³-hybridized carbons (Fsp3) is 0.233. The minimum absolute atomic E-state index is 0.0777. The molecule has 0 radical (unpaired) electrons. The molecule has 1 aromatic heterocycles. The monoisotopic (exact) mass is 650 g/mol. The number of aromatic nitrogens is 2. The third kappa shape index (κ3) is 6.34. The number of imidazole rings is 1. The van der Waals surface area contributed by atoms with E-state index < -0.39 is 20.0 Å². The Morgan fingerprint density at radius 3 is 1.71 bits per heavy atom. The van der Waals surface area contributed by atoms with Crippen LogP contribution in [-0.2, 0) is 9.96 Å². The van der Waals surface area contributed by atoms with Crippen LogP contribution >= 0.6 is 0 Å². The van der Waals surface area contributed by atoms with Gasteiger partial charge in [-0.05, 0) is 58.4 Å². The standard InChI is InChI=1S/C43H46N2O2Si/c1-32(47-48(5,6)42(2,3)4)33-19-18-20-34(29-33)41(46)39-28-17-16-27-38(39)40-30-45(31-44-40)43(35-21-10-7-11-22-35,36-23-12-8-13-24-36)37-25-14-9-15-26-37/h7-32,41,46H,1-6H3. The zero-order valence-corrected chi connectivity index (χ0v) is 29.8. The number of aliphatic hydroxyl groups excluding tert-OH is 1. The SMILES string of the molecule is CC(O[Si](C)(C)C(C)(C)C)c1cccc(C(O)c2ccccc2-c2cn(C(c3ccccc3)(c3ccccc3)c3ccccc3)cn2)c1. The molecule has 0 fully saturated rings. The summed E-state index contributed by atoms with van der Waals surface area (Å²) in [7, 11) is -1.97. The highest BCUT2D eigenvalue weighted by molar-refractivity contribution is 6.74. The van der Waals surface area contributed by atoms with Gasteiger partial charge in [0.15, 0.2) is 8.32 Å². The van der Waals surface area contributed by atoms with Crippen molar-refractivity contribution in [3.05, 3.63) is 185 Å². The first-order valence-electron chi connectivity index (χ1n) is 16.8. The summed E-state index contributed by atoms with van der Waals surface area (Å²) >= 11 is 0. The lowest BCUT2D eigenvalue weighted by atomic mass is 9.76. The second-order valence-corrected chi connectivity index (χ2v) is 18.9. The Bertz CT molecular complexity index is 1850. The van der Waals surface area contributed by atoms with Gasteiger partial charge in [-0.25, -0.2) is 4.98 Å². The third-order valence-corrected chi connectivity index (χ3v) is 14.6. The molecule has 2 atom stereocenters. The molecule has 48 heavy (non-hydrogen) atoms. The van der Waals surface area contributed by atoms with Crippen LogP contribution in [-0.4, -0.2) is 23.0 Å². The van der Waals surface area contributed by atoms with Crippen molar-refractivity contribution in [1.82, 2.24) is 9.55 Å². The summed E-state index contributed by atoms with van der Waals surface area (Å²) in [6.07, 6.45) is 3.12. The smallest absolute Gasteiger partial charge is 0.192 e. The number of benzene rings is 5. The topological polar surface area (TPSA) is 47.3 Å². The first-order chi connectivity index (χ1) is 23.0. The molecule has 0 bridgehead atoms. The summed E-state index contributed by atoms with van der Waals surface area (Å²) in [4.78, 5) is 5.01. The average molecular weight is 651 g/mol. The van der Waals surface area contributed by atoms with Crippen molar-refractivity contribution >= 4 is 8.32 Å². The van der Waals surface area contributed by atoms with Gasteiger partial charge in [-0.3, -0.25) is 0 Å². The lowest BCUT2D eigenvalue weighted by Gasteiger charge is -2.38. The van der Waals surface area contributed by atoms with Crippen LogP contribution < -0.4 is 0 Å². The quantitative estimate of drug-likeness (QED) is 0.119. The Balaban J connectivity index is 1.42. The molecule has 6 aromatic rings. The Morgan fingerprint density at radius 2 is 1.17 bits per heavy atom. The van der Waals surface area contributed by atoms with E-state index >= 15 is 0 Å². The van der Waals surface area contributed by atoms with E-state index in [-0.39, 0.29) is 11.1 Å². The molecular formula is C43H46N2O2Si. The predicted molar refractivity (Wildman–Crippen MR) is 199 cm³/mol. The highest BCUT2D eigenvalue weighted by atomic mass is 28.4. The van der Waals surface area contributed by atoms with Crippen molar-refractivity contribution in [2.45, 2.75) is 63.6 Å². The van der Waals surface area contributed by atoms with Crippen LogP contribution in [0.5, 0.6) is 0 Å². The van der Waals surface area contributed by atoms with Crippen LogP contribution in [0.25, 0.3) is 11.3 Å². The molecule has 4 nitrogen and oxygen atoms in total. The number of aliphatic hydroxyl groups is 1. The van der Waals surface area contributed by atoms with Crippen molar-refractivity contribution in [2.75, 3.05) is 0 Å². The molecule has 1 N–H and O–H groups in total. The summed E-state index contributed by atoms with van der Waals surface area (Å²) in [5, 5.41) is 12.0. The average Bonchev–Trinajstić information content (AvgIpc) is 3.59. The Hall–Kier alpha value is -4.55. The normalized spacial score (nSPS) is 13.6. The number of rotatable bonds is 10. The van der Waals surface area contributed by atoms with Gasteiger partial charge in [-0.15, -0.1) is 0 Å². The van der Waals surface area contributed by atoms with Gasteiger partial charge in [0.1, 0.15) is 11.6 Å². The molecule has 0 saturated carbocycles. The van der Waals surface area contributed by atoms with E-state index in [9.17, 15) is 5.11 Å². The van der Waals surface area contributed by atoms with Gasteiger partial charge in [0.25, 0.3) is 0 Å². The van der Waals surface area contributed by atoms with Crippen molar-refractivity contribution in [3.63, 3.8) is 0 Å². The molecule has 5 aromatic carbocycles. The Morgan fingerprint density at radius 1 is 0.667 bits per heavy atom. The van der Waals surface area contributed by atoms with Gasteiger partial charge in [0.2, 0.25) is 0 Å². The van der Waals surface area contributed by atoms with Crippen molar-refractivity contribution < 1.29 is 9.53 Å². The lowest BCUT2D eigenvalue weighted by Crippen LogP contribution is -2.41. The first kappa shape index (κ1) is 33.4. The van der Waals surface area contributed by atoms with Crippen LogP contribution in [0, 0.1) is 0 Å². The lowest BCUT2D eigenvalue weighted by molar-refractivity contribution is 0.201. The Kier molecular flexibility index (Phi) is 9.39. The maximum atomic E-state index is 11.9. The molecule has 0 spiro atoms. The largest absolute Gasteiger partial charge is 0.410 e. The number of nitrogens with zero attached hydrogens (tertiary/aromatic N) is 2. The second kappa shape index (κ2) is 13.5. The molecule has 2 unspecified atom stereocenters. The van der Waals surface area contributed by atoms with E-state index in [2.05, 4.69) is 155 Å². The van der Waals surface area contributed by atoms with Crippen LogP contribution in [0.1, 0.15) is 73.3 Å². The van der Waals surface area contributed by atoms with E-state index in [1.807, 2.05) is 42.7 Å². The van der Waals surface area contributed by atoms with Crippen molar-refractivity contribution in [3.8, 4) is 11.3 Å². The molecule has 0 aliphatic carbocycles. The first-order valence-corrected chi connectivity index (χ1v) is 19.7. The molecule has 6 rings (SSSR count). The molecule has 0 saturated heterocycles. The zero-order chi connectivity index (χ0) is 33.9. The number of hydrogen-bond donors (Lipinski definition) is 1. The highest BCUT2D eigenvalue weighted by Crippen LogP contribution is 2.43. The molecule has 0 aliphatic rings. The zero-order valence-electron chi connectivity index (χ0n) is 28.8. The summed E-state index contributed by atoms with van der Waals surface area (Å²) in [5.41, 5.74) is 7.11. The Labute approximate surface area is 286 Å². The van der Waals surface area contributed by atoms with Gasteiger partial charge < -0.3 is 14.1 Å². The van der Waals surface area contributed by atoms with Gasteiger partial charge in [0, 0.05) is 11.8 Å². The van der Waals surface area contributed by atoms with Crippen LogP contribution in [0.4, 0.5) is 0 Å². The van der Waals surface area contributed by atoms with E-state index in [0.29, 0.717) is 0 Å². The van der Waals surface area contributed by atoms with Crippen molar-refractivity contribution in [1.29, 1.82) is 0 Å². The minimum Gasteiger partial charge on any atom is -0.410 e. The van der Waals surface area contributed by atoms with E-state index in [0.717, 1.165) is 44.6 Å². The highest BCUT2D eigenvalue weighted by Gasteiger charge is 2.40. The minimum atomic E-state index is -1.97. The summed E-state index contributed by atoms with van der Waals surface area (Å²) < 4.78 is 8.92. The van der Waals surface area contributed by atoms with Crippen LogP contribution in [0.15, 0.2) is 152 Å². The van der Waals surface area contributed by atoms with Gasteiger partial charge >= 0.3 is 0 Å².